The van der Waals surface area contributed by atoms with Crippen molar-refractivity contribution in [3.05, 3.63) is 53.6 Å². The van der Waals surface area contributed by atoms with Gasteiger partial charge in [0.1, 0.15) is 23.7 Å². The lowest BCUT2D eigenvalue weighted by Gasteiger charge is -2.09. The van der Waals surface area contributed by atoms with Gasteiger partial charge in [0.25, 0.3) is 0 Å². The number of ether oxygens (including phenoxy) is 1. The van der Waals surface area contributed by atoms with Crippen LogP contribution in [0.15, 0.2) is 36.4 Å². The SMILES string of the molecule is COc1ccc(C=O)cc1-c1cc(F)cc(F)c1. The third kappa shape index (κ3) is 2.37. The summed E-state index contributed by atoms with van der Waals surface area (Å²) in [5.74, 6) is -0.905. The van der Waals surface area contributed by atoms with Crippen molar-refractivity contribution in [2.45, 2.75) is 0 Å². The Hall–Kier alpha value is -2.23. The lowest BCUT2D eigenvalue weighted by molar-refractivity contribution is 0.112. The molecule has 0 saturated carbocycles. The molecule has 0 N–H and O–H groups in total. The lowest BCUT2D eigenvalue weighted by atomic mass is 10.0. The summed E-state index contributed by atoms with van der Waals surface area (Å²) in [6.45, 7) is 0. The van der Waals surface area contributed by atoms with Crippen LogP contribution in [0, 0.1) is 11.6 Å². The quantitative estimate of drug-likeness (QED) is 0.777. The number of carbonyl (C=O) groups is 1. The molecule has 0 spiro atoms. The number of hydrogen-bond acceptors (Lipinski definition) is 2. The molecule has 0 radical (unpaired) electrons. The average molecular weight is 248 g/mol. The van der Waals surface area contributed by atoms with E-state index in [4.69, 9.17) is 4.74 Å². The molecule has 18 heavy (non-hydrogen) atoms. The minimum atomic E-state index is -0.677. The van der Waals surface area contributed by atoms with E-state index in [1.807, 2.05) is 0 Å². The number of benzene rings is 2. The lowest BCUT2D eigenvalue weighted by Crippen LogP contribution is -1.92. The number of hydrogen-bond donors (Lipinski definition) is 0. The monoisotopic (exact) mass is 248 g/mol. The van der Waals surface area contributed by atoms with Gasteiger partial charge in [0.2, 0.25) is 0 Å². The van der Waals surface area contributed by atoms with E-state index in [9.17, 15) is 13.6 Å². The van der Waals surface area contributed by atoms with Crippen LogP contribution in [0.5, 0.6) is 5.75 Å². The van der Waals surface area contributed by atoms with E-state index in [0.717, 1.165) is 6.07 Å². The van der Waals surface area contributed by atoms with E-state index >= 15 is 0 Å². The molecule has 0 fully saturated rings. The van der Waals surface area contributed by atoms with Crippen molar-refractivity contribution in [2.24, 2.45) is 0 Å². The van der Waals surface area contributed by atoms with Gasteiger partial charge in [-0.15, -0.1) is 0 Å². The summed E-state index contributed by atoms with van der Waals surface area (Å²) in [5.41, 5.74) is 1.21. The molecule has 2 rings (SSSR count). The molecule has 0 unspecified atom stereocenters. The van der Waals surface area contributed by atoms with Gasteiger partial charge >= 0.3 is 0 Å². The fraction of sp³-hybridized carbons (Fsp3) is 0.0714. The Morgan fingerprint density at radius 1 is 1.06 bits per heavy atom. The van der Waals surface area contributed by atoms with Crippen LogP contribution in [-0.2, 0) is 0 Å². The first-order valence-electron chi connectivity index (χ1n) is 5.23. The Balaban J connectivity index is 2.63. The average Bonchev–Trinajstić information content (AvgIpc) is 2.36. The first kappa shape index (κ1) is 12.2. The first-order chi connectivity index (χ1) is 8.63. The molecular formula is C14H10F2O2. The topological polar surface area (TPSA) is 26.3 Å². The number of carbonyl (C=O) groups excluding carboxylic acids is 1. The van der Waals surface area contributed by atoms with Crippen LogP contribution in [0.25, 0.3) is 11.1 Å². The molecule has 92 valence electrons. The van der Waals surface area contributed by atoms with Crippen molar-refractivity contribution >= 4 is 6.29 Å². The minimum absolute atomic E-state index is 0.327. The van der Waals surface area contributed by atoms with Gasteiger partial charge in [0, 0.05) is 17.2 Å². The third-order valence-corrected chi connectivity index (χ3v) is 2.53. The van der Waals surface area contributed by atoms with Gasteiger partial charge in [0.15, 0.2) is 0 Å². The van der Waals surface area contributed by atoms with E-state index in [2.05, 4.69) is 0 Å². The maximum Gasteiger partial charge on any atom is 0.150 e. The van der Waals surface area contributed by atoms with Crippen LogP contribution in [0.3, 0.4) is 0 Å². The standard InChI is InChI=1S/C14H10F2O2/c1-18-14-3-2-9(8-17)4-13(14)10-5-11(15)7-12(16)6-10/h2-8H,1H3. The van der Waals surface area contributed by atoms with Crippen LogP contribution in [-0.4, -0.2) is 13.4 Å². The van der Waals surface area contributed by atoms with E-state index in [-0.39, 0.29) is 0 Å². The molecule has 0 atom stereocenters. The zero-order valence-electron chi connectivity index (χ0n) is 9.61. The maximum absolute atomic E-state index is 13.2. The highest BCUT2D eigenvalue weighted by Crippen LogP contribution is 2.31. The number of aldehydes is 1. The second-order valence-corrected chi connectivity index (χ2v) is 3.74. The predicted molar refractivity (Wildman–Crippen MR) is 63.7 cm³/mol. The van der Waals surface area contributed by atoms with E-state index in [1.165, 1.54) is 25.3 Å². The van der Waals surface area contributed by atoms with Crippen molar-refractivity contribution in [2.75, 3.05) is 7.11 Å². The number of methoxy groups -OCH3 is 1. The second kappa shape index (κ2) is 4.96. The molecule has 0 aliphatic rings. The smallest absolute Gasteiger partial charge is 0.150 e. The molecular weight excluding hydrogens is 238 g/mol. The van der Waals surface area contributed by atoms with Crippen molar-refractivity contribution in [3.8, 4) is 16.9 Å². The zero-order valence-corrected chi connectivity index (χ0v) is 9.61. The summed E-state index contributed by atoms with van der Waals surface area (Å²) in [5, 5.41) is 0. The Kier molecular flexibility index (Phi) is 3.37. The predicted octanol–water partition coefficient (Wildman–Crippen LogP) is 3.45. The van der Waals surface area contributed by atoms with Crippen molar-refractivity contribution in [3.63, 3.8) is 0 Å². The van der Waals surface area contributed by atoms with Gasteiger partial charge in [-0.3, -0.25) is 4.79 Å². The van der Waals surface area contributed by atoms with Gasteiger partial charge < -0.3 is 4.74 Å². The van der Waals surface area contributed by atoms with E-state index in [1.54, 1.807) is 12.1 Å². The molecule has 0 aromatic heterocycles. The minimum Gasteiger partial charge on any atom is -0.496 e. The largest absolute Gasteiger partial charge is 0.496 e. The van der Waals surface area contributed by atoms with Crippen molar-refractivity contribution < 1.29 is 18.3 Å². The molecule has 0 aliphatic heterocycles. The van der Waals surface area contributed by atoms with Gasteiger partial charge in [-0.1, -0.05) is 0 Å². The summed E-state index contributed by atoms with van der Waals surface area (Å²) < 4.78 is 31.5. The molecule has 2 nitrogen and oxygen atoms in total. The normalized spacial score (nSPS) is 10.2. The summed E-state index contributed by atoms with van der Waals surface area (Å²) in [6.07, 6.45) is 0.665. The summed E-state index contributed by atoms with van der Waals surface area (Å²) in [7, 11) is 1.45. The molecule has 2 aromatic rings. The zero-order chi connectivity index (χ0) is 13.1. The summed E-state index contributed by atoms with van der Waals surface area (Å²) in [4.78, 5) is 10.7. The Morgan fingerprint density at radius 2 is 1.72 bits per heavy atom. The molecule has 0 heterocycles. The van der Waals surface area contributed by atoms with Gasteiger partial charge in [-0.05, 0) is 35.9 Å². The molecule has 0 amide bonds. The molecule has 0 aliphatic carbocycles. The summed E-state index contributed by atoms with van der Waals surface area (Å²) in [6, 6.07) is 7.86. The summed E-state index contributed by atoms with van der Waals surface area (Å²) >= 11 is 0. The van der Waals surface area contributed by atoms with Crippen LogP contribution in [0.4, 0.5) is 8.78 Å². The molecule has 4 heteroatoms. The van der Waals surface area contributed by atoms with Gasteiger partial charge in [-0.2, -0.15) is 0 Å². The number of rotatable bonds is 3. The van der Waals surface area contributed by atoms with Gasteiger partial charge in [-0.25, -0.2) is 8.78 Å². The van der Waals surface area contributed by atoms with Crippen LogP contribution in [0.1, 0.15) is 10.4 Å². The van der Waals surface area contributed by atoms with Crippen molar-refractivity contribution in [1.82, 2.24) is 0 Å². The maximum atomic E-state index is 13.2. The highest BCUT2D eigenvalue weighted by atomic mass is 19.1. The van der Waals surface area contributed by atoms with Gasteiger partial charge in [0.05, 0.1) is 7.11 Å². The van der Waals surface area contributed by atoms with E-state index in [0.29, 0.717) is 28.7 Å². The Labute approximate surface area is 103 Å². The van der Waals surface area contributed by atoms with Crippen molar-refractivity contribution in [1.29, 1.82) is 0 Å². The first-order valence-corrected chi connectivity index (χ1v) is 5.23. The Bertz CT molecular complexity index is 574. The third-order valence-electron chi connectivity index (χ3n) is 2.53. The molecule has 2 aromatic carbocycles. The highest BCUT2D eigenvalue weighted by Gasteiger charge is 2.09. The van der Waals surface area contributed by atoms with Crippen LogP contribution < -0.4 is 4.74 Å². The Morgan fingerprint density at radius 3 is 2.28 bits per heavy atom. The molecule has 0 bridgehead atoms. The van der Waals surface area contributed by atoms with E-state index < -0.39 is 11.6 Å². The highest BCUT2D eigenvalue weighted by molar-refractivity contribution is 5.81. The number of halogens is 2. The van der Waals surface area contributed by atoms with Crippen LogP contribution in [0.2, 0.25) is 0 Å². The fourth-order valence-electron chi connectivity index (χ4n) is 1.73. The van der Waals surface area contributed by atoms with Crippen LogP contribution >= 0.6 is 0 Å². The second-order valence-electron chi connectivity index (χ2n) is 3.74. The fourth-order valence-corrected chi connectivity index (χ4v) is 1.73. The molecule has 0 saturated heterocycles.